The molecule has 0 saturated heterocycles. The Hall–Kier alpha value is -3.32. The molecule has 3 aromatic rings. The lowest BCUT2D eigenvalue weighted by Crippen LogP contribution is -2.28. The smallest absolute Gasteiger partial charge is 0.332 e. The number of hydrogen-bond acceptors (Lipinski definition) is 4. The molecule has 0 bridgehead atoms. The Kier molecular flexibility index (Phi) is 7.43. The molecule has 174 valence electrons. The highest BCUT2D eigenvalue weighted by Gasteiger charge is 2.22. The maximum atomic E-state index is 12.4. The van der Waals surface area contributed by atoms with Gasteiger partial charge in [-0.2, -0.15) is 0 Å². The van der Waals surface area contributed by atoms with Gasteiger partial charge in [-0.1, -0.05) is 45.1 Å². The Balaban J connectivity index is 2.08. The summed E-state index contributed by atoms with van der Waals surface area (Å²) in [5.74, 6) is 0.756. The summed E-state index contributed by atoms with van der Waals surface area (Å²) in [4.78, 5) is 26.3. The van der Waals surface area contributed by atoms with Crippen molar-refractivity contribution >= 4 is 33.9 Å². The predicted octanol–water partition coefficient (Wildman–Crippen LogP) is 5.05. The minimum absolute atomic E-state index is 0.0324. The SMILES string of the molecule is C/C=S(/C)Nc1ccc(/C=C/c2cc(-n3ccc(=O)[nH]c3=O)cc(C(C)(C)C)c2OC)cc1. The normalized spacial score (nSPS) is 12.8. The van der Waals surface area contributed by atoms with E-state index in [0.29, 0.717) is 5.69 Å². The number of aromatic amines is 1. The van der Waals surface area contributed by atoms with Crippen molar-refractivity contribution in [1.29, 1.82) is 0 Å². The van der Waals surface area contributed by atoms with Gasteiger partial charge >= 0.3 is 5.69 Å². The maximum Gasteiger partial charge on any atom is 0.332 e. The third-order valence-corrected chi connectivity index (χ3v) is 6.48. The zero-order valence-electron chi connectivity index (χ0n) is 19.9. The summed E-state index contributed by atoms with van der Waals surface area (Å²) >= 11 is 0. The number of nitrogens with zero attached hydrogens (tertiary/aromatic N) is 1. The van der Waals surface area contributed by atoms with Crippen molar-refractivity contribution in [2.45, 2.75) is 33.1 Å². The van der Waals surface area contributed by atoms with Gasteiger partial charge in [-0.3, -0.25) is 14.3 Å². The molecular formula is C26H31N3O3S. The van der Waals surface area contributed by atoms with Crippen LogP contribution in [0.1, 0.15) is 44.4 Å². The molecule has 0 aliphatic carbocycles. The van der Waals surface area contributed by atoms with Crippen LogP contribution in [0.4, 0.5) is 5.69 Å². The number of anilines is 1. The van der Waals surface area contributed by atoms with Gasteiger partial charge in [0, 0.05) is 29.1 Å². The summed E-state index contributed by atoms with van der Waals surface area (Å²) in [7, 11) is 1.69. The van der Waals surface area contributed by atoms with E-state index in [0.717, 1.165) is 28.1 Å². The Morgan fingerprint density at radius 2 is 1.76 bits per heavy atom. The van der Waals surface area contributed by atoms with Crippen molar-refractivity contribution in [3.05, 3.63) is 86.2 Å². The van der Waals surface area contributed by atoms with Crippen LogP contribution in [0.2, 0.25) is 0 Å². The van der Waals surface area contributed by atoms with Crippen molar-refractivity contribution in [3.63, 3.8) is 0 Å². The zero-order valence-corrected chi connectivity index (χ0v) is 20.7. The van der Waals surface area contributed by atoms with Crippen LogP contribution < -0.4 is 20.7 Å². The largest absolute Gasteiger partial charge is 0.496 e. The second-order valence-corrected chi connectivity index (χ2v) is 10.5. The van der Waals surface area contributed by atoms with E-state index < -0.39 is 11.2 Å². The second kappa shape index (κ2) is 10.1. The Morgan fingerprint density at radius 1 is 1.06 bits per heavy atom. The van der Waals surface area contributed by atoms with Crippen LogP contribution >= 0.6 is 10.7 Å². The summed E-state index contributed by atoms with van der Waals surface area (Å²) in [6, 6.07) is 13.4. The van der Waals surface area contributed by atoms with Crippen molar-refractivity contribution < 1.29 is 4.74 Å². The molecule has 0 fully saturated rings. The summed E-state index contributed by atoms with van der Waals surface area (Å²) < 4.78 is 10.7. The molecule has 33 heavy (non-hydrogen) atoms. The van der Waals surface area contributed by atoms with Gasteiger partial charge in [0.15, 0.2) is 0 Å². The fourth-order valence-corrected chi connectivity index (χ4v) is 4.02. The quantitative estimate of drug-likeness (QED) is 0.395. The molecule has 0 spiro atoms. The summed E-state index contributed by atoms with van der Waals surface area (Å²) in [5.41, 5.74) is 3.45. The molecule has 0 amide bonds. The standard InChI is InChI=1S/C26H31N3O3S/c1-7-33(6)28-20-12-9-18(10-13-20)8-11-19-16-21(29-15-14-23(30)27-25(29)31)17-22(24(19)32-5)26(2,3)4/h7-17,28H,1-6H3,(H,27,30,31)/b11-8+. The number of aromatic nitrogens is 2. The van der Waals surface area contributed by atoms with E-state index in [1.165, 1.54) is 16.8 Å². The molecule has 0 radical (unpaired) electrons. The minimum Gasteiger partial charge on any atom is -0.496 e. The van der Waals surface area contributed by atoms with E-state index >= 15 is 0 Å². The highest BCUT2D eigenvalue weighted by atomic mass is 32.2. The number of H-pyrrole nitrogens is 1. The average molecular weight is 466 g/mol. The second-order valence-electron chi connectivity index (χ2n) is 8.70. The molecule has 1 heterocycles. The molecule has 3 rings (SSSR count). The Bertz CT molecular complexity index is 1310. The Morgan fingerprint density at radius 3 is 2.33 bits per heavy atom. The molecule has 1 unspecified atom stereocenters. The van der Waals surface area contributed by atoms with Crippen LogP contribution in [0.25, 0.3) is 17.8 Å². The van der Waals surface area contributed by atoms with Gasteiger partial charge in [-0.15, -0.1) is 10.7 Å². The van der Waals surface area contributed by atoms with Gasteiger partial charge in [0.2, 0.25) is 0 Å². The van der Waals surface area contributed by atoms with Gasteiger partial charge in [0.05, 0.1) is 12.8 Å². The molecule has 2 N–H and O–H groups in total. The predicted molar refractivity (Wildman–Crippen MR) is 142 cm³/mol. The van der Waals surface area contributed by atoms with Crippen LogP contribution in [0.15, 0.2) is 58.3 Å². The highest BCUT2D eigenvalue weighted by Crippen LogP contribution is 2.37. The molecule has 0 aliphatic heterocycles. The van der Waals surface area contributed by atoms with Gasteiger partial charge in [0.1, 0.15) is 5.75 Å². The van der Waals surface area contributed by atoms with Crippen molar-refractivity contribution in [2.75, 3.05) is 18.1 Å². The lowest BCUT2D eigenvalue weighted by Gasteiger charge is -2.25. The van der Waals surface area contributed by atoms with Gasteiger partial charge in [-0.25, -0.2) is 4.79 Å². The number of ether oxygens (including phenoxy) is 1. The molecular weight excluding hydrogens is 434 g/mol. The van der Waals surface area contributed by atoms with Crippen LogP contribution in [0, 0.1) is 0 Å². The van der Waals surface area contributed by atoms with E-state index in [1.807, 2.05) is 31.2 Å². The first-order valence-corrected chi connectivity index (χ1v) is 12.4. The lowest BCUT2D eigenvalue weighted by atomic mass is 9.84. The monoisotopic (exact) mass is 465 g/mol. The molecule has 2 aromatic carbocycles. The molecule has 7 heteroatoms. The number of benzene rings is 2. The summed E-state index contributed by atoms with van der Waals surface area (Å²) in [6.07, 6.45) is 7.63. The van der Waals surface area contributed by atoms with Crippen molar-refractivity contribution in [1.82, 2.24) is 9.55 Å². The van der Waals surface area contributed by atoms with Crippen molar-refractivity contribution in [3.8, 4) is 11.4 Å². The van der Waals surface area contributed by atoms with Crippen LogP contribution in [-0.4, -0.2) is 28.3 Å². The first-order valence-electron chi connectivity index (χ1n) is 10.7. The fraction of sp³-hybridized carbons (Fsp3) is 0.269. The Labute approximate surface area is 197 Å². The van der Waals surface area contributed by atoms with Gasteiger partial charge in [-0.05, 0) is 53.8 Å². The topological polar surface area (TPSA) is 76.1 Å². The van der Waals surface area contributed by atoms with Crippen molar-refractivity contribution in [2.24, 2.45) is 0 Å². The first-order chi connectivity index (χ1) is 15.6. The van der Waals surface area contributed by atoms with E-state index in [1.54, 1.807) is 7.11 Å². The summed E-state index contributed by atoms with van der Waals surface area (Å²) in [5, 5.41) is 2.13. The average Bonchev–Trinajstić information content (AvgIpc) is 2.77. The number of methoxy groups -OCH3 is 1. The number of nitrogens with one attached hydrogen (secondary N) is 2. The van der Waals surface area contributed by atoms with Crippen LogP contribution in [0.5, 0.6) is 5.75 Å². The van der Waals surface area contributed by atoms with E-state index in [4.69, 9.17) is 4.74 Å². The first kappa shape index (κ1) is 24.3. The fourth-order valence-electron chi connectivity index (χ4n) is 3.40. The maximum absolute atomic E-state index is 12.4. The minimum atomic E-state index is -0.482. The molecule has 6 nitrogen and oxygen atoms in total. The van der Waals surface area contributed by atoms with Gasteiger partial charge < -0.3 is 9.46 Å². The molecule has 1 aromatic heterocycles. The third kappa shape index (κ3) is 5.93. The van der Waals surface area contributed by atoms with E-state index in [2.05, 4.69) is 66.4 Å². The van der Waals surface area contributed by atoms with Gasteiger partial charge in [0.25, 0.3) is 5.56 Å². The zero-order chi connectivity index (χ0) is 24.2. The van der Waals surface area contributed by atoms with Crippen LogP contribution in [-0.2, 0) is 5.41 Å². The summed E-state index contributed by atoms with van der Waals surface area (Å²) in [6.45, 7) is 8.33. The van der Waals surface area contributed by atoms with E-state index in [9.17, 15) is 9.59 Å². The molecule has 0 aliphatic rings. The number of hydrogen-bond donors (Lipinski definition) is 2. The van der Waals surface area contributed by atoms with Crippen LogP contribution in [0.3, 0.4) is 0 Å². The third-order valence-electron chi connectivity index (χ3n) is 5.22. The number of rotatable bonds is 6. The molecule has 0 saturated carbocycles. The molecule has 1 atom stereocenters. The lowest BCUT2D eigenvalue weighted by molar-refractivity contribution is 0.396. The highest BCUT2D eigenvalue weighted by molar-refractivity contribution is 8.15. The van der Waals surface area contributed by atoms with E-state index in [-0.39, 0.29) is 16.1 Å².